The zero-order chi connectivity index (χ0) is 48.0. The first-order valence-electron chi connectivity index (χ1n) is 25.2. The van der Waals surface area contributed by atoms with Gasteiger partial charge in [0.05, 0.1) is 0 Å². The molecule has 14 aromatic carbocycles. The van der Waals surface area contributed by atoms with Gasteiger partial charge >= 0.3 is 0 Å². The molecule has 338 valence electrons. The molecule has 0 radical (unpaired) electrons. The van der Waals surface area contributed by atoms with E-state index in [2.05, 4.69) is 267 Å². The molecule has 0 aliphatic heterocycles. The number of furan rings is 1. The normalized spacial score (nSPS) is 11.8. The minimum atomic E-state index is 0.879. The number of hydrogen-bond acceptors (Lipinski definition) is 1. The Morgan fingerprint density at radius 3 is 1.21 bits per heavy atom. The van der Waals surface area contributed by atoms with E-state index in [-0.39, 0.29) is 0 Å². The van der Waals surface area contributed by atoms with Crippen molar-refractivity contribution in [2.45, 2.75) is 0 Å². The third kappa shape index (κ3) is 6.56. The first-order valence-corrected chi connectivity index (χ1v) is 25.2. The fraction of sp³-hybridized carbons (Fsp3) is 0. The van der Waals surface area contributed by atoms with Gasteiger partial charge in [0.15, 0.2) is 0 Å². The van der Waals surface area contributed by atoms with Crippen LogP contribution in [0.4, 0.5) is 0 Å². The van der Waals surface area contributed by atoms with Gasteiger partial charge in [-0.3, -0.25) is 0 Å². The van der Waals surface area contributed by atoms with E-state index in [1.54, 1.807) is 0 Å². The Labute approximate surface area is 422 Å². The fourth-order valence-electron chi connectivity index (χ4n) is 12.2. The first kappa shape index (κ1) is 41.2. The van der Waals surface area contributed by atoms with Crippen LogP contribution in [0.2, 0.25) is 0 Å². The van der Waals surface area contributed by atoms with Crippen molar-refractivity contribution < 1.29 is 4.42 Å². The van der Waals surface area contributed by atoms with Crippen molar-refractivity contribution in [1.29, 1.82) is 0 Å². The highest BCUT2D eigenvalue weighted by Gasteiger charge is 2.21. The van der Waals surface area contributed by atoms with Crippen molar-refractivity contribution in [2.75, 3.05) is 0 Å². The summed E-state index contributed by atoms with van der Waals surface area (Å²) in [6.45, 7) is 0. The van der Waals surface area contributed by atoms with Crippen molar-refractivity contribution in [3.8, 4) is 66.8 Å². The standard InChI is InChI=1S/C72H44O/c1-2-17-47(18-3-1)69-57-22-8-10-24-59(57)71(60-25-11-9-23-58(60)69)52-37-41-67-66(43-52)56-38-36-51(44-68(56)73-67)53-39-40-65(55-21-7-6-20-54(53)55)72-63-28-14-12-26-61(63)70(62-27-13-15-29-64(62)72)48-33-30-46(31-34-48)50-35-32-45-16-4-5-19-49(45)42-50/h1-44H. The molecule has 0 atom stereocenters. The molecule has 0 saturated carbocycles. The Hall–Kier alpha value is -9.56. The Morgan fingerprint density at radius 1 is 0.178 bits per heavy atom. The molecule has 73 heavy (non-hydrogen) atoms. The van der Waals surface area contributed by atoms with Crippen LogP contribution in [0.15, 0.2) is 271 Å². The predicted molar refractivity (Wildman–Crippen MR) is 311 cm³/mol. The van der Waals surface area contributed by atoms with Crippen LogP contribution in [0, 0.1) is 0 Å². The van der Waals surface area contributed by atoms with Gasteiger partial charge < -0.3 is 4.42 Å². The summed E-state index contributed by atoms with van der Waals surface area (Å²) in [5, 5.41) is 17.1. The van der Waals surface area contributed by atoms with Gasteiger partial charge in [0, 0.05) is 10.8 Å². The summed E-state index contributed by atoms with van der Waals surface area (Å²) in [7, 11) is 0. The Bertz CT molecular complexity index is 4600. The smallest absolute Gasteiger partial charge is 0.136 e. The highest BCUT2D eigenvalue weighted by atomic mass is 16.3. The summed E-state index contributed by atoms with van der Waals surface area (Å²) in [5.41, 5.74) is 16.4. The van der Waals surface area contributed by atoms with Gasteiger partial charge in [-0.05, 0) is 162 Å². The molecule has 0 aliphatic rings. The van der Waals surface area contributed by atoms with E-state index < -0.39 is 0 Å². The number of benzene rings is 14. The summed E-state index contributed by atoms with van der Waals surface area (Å²) in [4.78, 5) is 0. The summed E-state index contributed by atoms with van der Waals surface area (Å²) >= 11 is 0. The molecule has 1 nitrogen and oxygen atoms in total. The molecule has 0 bridgehead atoms. The highest BCUT2D eigenvalue weighted by molar-refractivity contribution is 6.25. The molecule has 0 fully saturated rings. The van der Waals surface area contributed by atoms with E-state index in [0.717, 1.165) is 27.5 Å². The van der Waals surface area contributed by atoms with Crippen LogP contribution in [0.3, 0.4) is 0 Å². The van der Waals surface area contributed by atoms with Crippen molar-refractivity contribution in [1.82, 2.24) is 0 Å². The van der Waals surface area contributed by atoms with Crippen molar-refractivity contribution in [2.24, 2.45) is 0 Å². The molecule has 0 amide bonds. The Kier molecular flexibility index (Phi) is 9.33. The minimum Gasteiger partial charge on any atom is -0.456 e. The second kappa shape index (κ2) is 16.5. The monoisotopic (exact) mass is 924 g/mol. The lowest BCUT2D eigenvalue weighted by molar-refractivity contribution is 0.669. The maximum atomic E-state index is 6.75. The Morgan fingerprint density at radius 2 is 0.603 bits per heavy atom. The van der Waals surface area contributed by atoms with E-state index in [1.165, 1.54) is 126 Å². The summed E-state index contributed by atoms with van der Waals surface area (Å²) in [6, 6.07) is 98.0. The molecular formula is C72H44O. The van der Waals surface area contributed by atoms with Gasteiger partial charge in [-0.15, -0.1) is 0 Å². The lowest BCUT2D eigenvalue weighted by Crippen LogP contribution is -1.92. The number of fused-ring (bicyclic) bond motifs is 9. The first-order chi connectivity index (χ1) is 36.2. The van der Waals surface area contributed by atoms with Crippen molar-refractivity contribution in [3.05, 3.63) is 267 Å². The van der Waals surface area contributed by atoms with E-state index >= 15 is 0 Å². The van der Waals surface area contributed by atoms with Crippen LogP contribution in [-0.2, 0) is 0 Å². The SMILES string of the molecule is c1ccc(-c2c3ccccc3c(-c3ccc4oc5cc(-c6ccc(-c7c8ccccc8c(-c8ccc(-c9ccc%10ccccc%10c9)cc8)c8ccccc78)c7ccccc67)ccc5c4c3)c3ccccc23)cc1. The van der Waals surface area contributed by atoms with E-state index in [1.807, 2.05) is 0 Å². The lowest BCUT2D eigenvalue weighted by Gasteiger charge is -2.20. The molecule has 15 aromatic rings. The van der Waals surface area contributed by atoms with Gasteiger partial charge in [0.25, 0.3) is 0 Å². The van der Waals surface area contributed by atoms with Crippen LogP contribution >= 0.6 is 0 Å². The van der Waals surface area contributed by atoms with E-state index in [0.29, 0.717) is 0 Å². The van der Waals surface area contributed by atoms with Crippen LogP contribution in [-0.4, -0.2) is 0 Å². The molecular weight excluding hydrogens is 881 g/mol. The molecule has 0 N–H and O–H groups in total. The summed E-state index contributed by atoms with van der Waals surface area (Å²) in [6.07, 6.45) is 0. The van der Waals surface area contributed by atoms with Gasteiger partial charge in [0.1, 0.15) is 11.2 Å². The maximum absolute atomic E-state index is 6.75. The molecule has 1 heteroatoms. The Balaban J connectivity index is 0.843. The average molecular weight is 925 g/mol. The predicted octanol–water partition coefficient (Wildman–Crippen LogP) is 20.5. The molecule has 1 heterocycles. The zero-order valence-corrected chi connectivity index (χ0v) is 39.8. The number of hydrogen-bond donors (Lipinski definition) is 0. The van der Waals surface area contributed by atoms with Crippen LogP contribution in [0.25, 0.3) is 153 Å². The highest BCUT2D eigenvalue weighted by Crippen LogP contribution is 2.48. The minimum absolute atomic E-state index is 0.879. The molecule has 0 spiro atoms. The second-order valence-corrected chi connectivity index (χ2v) is 19.4. The van der Waals surface area contributed by atoms with Crippen LogP contribution in [0.1, 0.15) is 0 Å². The topological polar surface area (TPSA) is 13.1 Å². The maximum Gasteiger partial charge on any atom is 0.136 e. The van der Waals surface area contributed by atoms with E-state index in [9.17, 15) is 0 Å². The number of rotatable bonds is 6. The van der Waals surface area contributed by atoms with Crippen LogP contribution in [0.5, 0.6) is 0 Å². The van der Waals surface area contributed by atoms with Gasteiger partial charge in [-0.1, -0.05) is 237 Å². The van der Waals surface area contributed by atoms with E-state index in [4.69, 9.17) is 4.42 Å². The molecule has 0 unspecified atom stereocenters. The molecule has 0 saturated heterocycles. The quantitative estimate of drug-likeness (QED) is 0.151. The zero-order valence-electron chi connectivity index (χ0n) is 39.8. The fourth-order valence-corrected chi connectivity index (χ4v) is 12.2. The van der Waals surface area contributed by atoms with Gasteiger partial charge in [-0.2, -0.15) is 0 Å². The molecule has 0 aliphatic carbocycles. The summed E-state index contributed by atoms with van der Waals surface area (Å²) < 4.78 is 6.75. The average Bonchev–Trinajstić information content (AvgIpc) is 3.83. The second-order valence-electron chi connectivity index (χ2n) is 19.4. The third-order valence-corrected chi connectivity index (χ3v) is 15.4. The van der Waals surface area contributed by atoms with Crippen LogP contribution < -0.4 is 0 Å². The third-order valence-electron chi connectivity index (χ3n) is 15.4. The van der Waals surface area contributed by atoms with Gasteiger partial charge in [-0.25, -0.2) is 0 Å². The lowest BCUT2D eigenvalue weighted by atomic mass is 9.83. The molecule has 1 aromatic heterocycles. The van der Waals surface area contributed by atoms with Crippen molar-refractivity contribution in [3.63, 3.8) is 0 Å². The summed E-state index contributed by atoms with van der Waals surface area (Å²) in [5.74, 6) is 0. The van der Waals surface area contributed by atoms with Crippen molar-refractivity contribution >= 4 is 86.6 Å². The molecule has 15 rings (SSSR count). The van der Waals surface area contributed by atoms with Gasteiger partial charge in [0.2, 0.25) is 0 Å². The largest absolute Gasteiger partial charge is 0.456 e.